The fourth-order valence-corrected chi connectivity index (χ4v) is 3.07. The Morgan fingerprint density at radius 3 is 2.73 bits per heavy atom. The summed E-state index contributed by atoms with van der Waals surface area (Å²) < 4.78 is 6.13. The second-order valence-electron chi connectivity index (χ2n) is 4.77. The highest BCUT2D eigenvalue weighted by Crippen LogP contribution is 2.43. The van der Waals surface area contributed by atoms with Crippen molar-refractivity contribution in [2.24, 2.45) is 0 Å². The van der Waals surface area contributed by atoms with Crippen molar-refractivity contribution < 1.29 is 4.74 Å². The van der Waals surface area contributed by atoms with Gasteiger partial charge >= 0.3 is 0 Å². The number of fused-ring (bicyclic) bond motifs is 1. The molecule has 1 aromatic rings. The zero-order chi connectivity index (χ0) is 10.3. The van der Waals surface area contributed by atoms with Gasteiger partial charge in [-0.05, 0) is 49.4 Å². The fraction of sp³-hybridized carbons (Fsp3) is 0.538. The predicted molar refractivity (Wildman–Crippen MR) is 61.6 cm³/mol. The molecule has 0 unspecified atom stereocenters. The van der Waals surface area contributed by atoms with Crippen LogP contribution in [0.3, 0.4) is 0 Å². The third-order valence-electron chi connectivity index (χ3n) is 3.63. The summed E-state index contributed by atoms with van der Waals surface area (Å²) in [7, 11) is 0. The summed E-state index contributed by atoms with van der Waals surface area (Å²) in [5, 5.41) is 0.824. The third kappa shape index (κ3) is 1.63. The molecule has 0 N–H and O–H groups in total. The molecule has 0 saturated heterocycles. The number of hydrogen-bond donors (Lipinski definition) is 0. The Hall–Kier alpha value is -0.690. The maximum atomic E-state index is 6.13. The van der Waals surface area contributed by atoms with Crippen LogP contribution in [0.5, 0.6) is 5.75 Å². The highest BCUT2D eigenvalue weighted by atomic mass is 35.5. The van der Waals surface area contributed by atoms with Crippen LogP contribution in [-0.4, -0.2) is 5.60 Å². The highest BCUT2D eigenvalue weighted by molar-refractivity contribution is 6.30. The molecular weight excluding hydrogens is 208 g/mol. The Morgan fingerprint density at radius 1 is 1.13 bits per heavy atom. The number of ether oxygens (including phenoxy) is 1. The summed E-state index contributed by atoms with van der Waals surface area (Å²) in [4.78, 5) is 0. The van der Waals surface area contributed by atoms with Crippen molar-refractivity contribution in [3.63, 3.8) is 0 Å². The van der Waals surface area contributed by atoms with Crippen LogP contribution in [0, 0.1) is 0 Å². The molecule has 0 atom stereocenters. The summed E-state index contributed by atoms with van der Waals surface area (Å²) in [6, 6.07) is 5.99. The molecule has 1 aliphatic carbocycles. The number of halogens is 1. The monoisotopic (exact) mass is 222 g/mol. The molecule has 1 nitrogen and oxygen atoms in total. The smallest absolute Gasteiger partial charge is 0.123 e. The SMILES string of the molecule is Clc1ccc2c(c1)CC1(CCCCC1)O2. The van der Waals surface area contributed by atoms with E-state index in [1.54, 1.807) is 0 Å². The van der Waals surface area contributed by atoms with Crippen molar-refractivity contribution in [2.75, 3.05) is 0 Å². The van der Waals surface area contributed by atoms with Crippen LogP contribution in [0.2, 0.25) is 5.02 Å². The Labute approximate surface area is 95.4 Å². The molecule has 1 spiro atoms. The number of rotatable bonds is 0. The average Bonchev–Trinajstić information content (AvgIpc) is 2.56. The van der Waals surface area contributed by atoms with Crippen molar-refractivity contribution in [1.82, 2.24) is 0 Å². The second kappa shape index (κ2) is 3.41. The van der Waals surface area contributed by atoms with E-state index >= 15 is 0 Å². The Balaban J connectivity index is 1.90. The molecule has 1 saturated carbocycles. The molecule has 1 heterocycles. The summed E-state index contributed by atoms with van der Waals surface area (Å²) in [6.07, 6.45) is 7.45. The molecule has 0 radical (unpaired) electrons. The van der Waals surface area contributed by atoms with Crippen molar-refractivity contribution in [1.29, 1.82) is 0 Å². The standard InChI is InChI=1S/C13H15ClO/c14-11-4-5-12-10(8-11)9-13(15-12)6-2-1-3-7-13/h4-5,8H,1-3,6-7,9H2. The molecule has 15 heavy (non-hydrogen) atoms. The van der Waals surface area contributed by atoms with Gasteiger partial charge in [-0.1, -0.05) is 18.0 Å². The Kier molecular flexibility index (Phi) is 2.17. The fourth-order valence-electron chi connectivity index (χ4n) is 2.88. The van der Waals surface area contributed by atoms with Crippen LogP contribution in [-0.2, 0) is 6.42 Å². The minimum atomic E-state index is 0.116. The summed E-state index contributed by atoms with van der Waals surface area (Å²) in [5.74, 6) is 1.06. The highest BCUT2D eigenvalue weighted by Gasteiger charge is 2.39. The van der Waals surface area contributed by atoms with Crippen LogP contribution < -0.4 is 4.74 Å². The first kappa shape index (κ1) is 9.53. The van der Waals surface area contributed by atoms with Crippen molar-refractivity contribution in [3.8, 4) is 5.75 Å². The van der Waals surface area contributed by atoms with Gasteiger partial charge in [-0.25, -0.2) is 0 Å². The number of hydrogen-bond acceptors (Lipinski definition) is 1. The van der Waals surface area contributed by atoms with E-state index in [9.17, 15) is 0 Å². The Bertz CT molecular complexity index is 380. The van der Waals surface area contributed by atoms with E-state index in [1.807, 2.05) is 12.1 Å². The summed E-state index contributed by atoms with van der Waals surface area (Å²) in [5.41, 5.74) is 1.41. The number of benzene rings is 1. The van der Waals surface area contributed by atoms with Gasteiger partial charge in [0.05, 0.1) is 0 Å². The normalized spacial score (nSPS) is 22.5. The Morgan fingerprint density at radius 2 is 1.93 bits per heavy atom. The van der Waals surface area contributed by atoms with E-state index in [0.29, 0.717) is 0 Å². The van der Waals surface area contributed by atoms with Gasteiger partial charge in [-0.15, -0.1) is 0 Å². The quantitative estimate of drug-likeness (QED) is 0.645. The molecule has 1 aliphatic heterocycles. The molecule has 0 bridgehead atoms. The molecule has 0 aromatic heterocycles. The first-order valence-corrected chi connectivity index (χ1v) is 6.13. The van der Waals surface area contributed by atoms with Gasteiger partial charge in [-0.2, -0.15) is 0 Å². The predicted octanol–water partition coefficient (Wildman–Crippen LogP) is 3.98. The lowest BCUT2D eigenvalue weighted by Crippen LogP contribution is -2.36. The third-order valence-corrected chi connectivity index (χ3v) is 3.86. The lowest BCUT2D eigenvalue weighted by molar-refractivity contribution is 0.0529. The van der Waals surface area contributed by atoms with Gasteiger partial charge in [0.2, 0.25) is 0 Å². The van der Waals surface area contributed by atoms with Crippen LogP contribution in [0.1, 0.15) is 37.7 Å². The van der Waals surface area contributed by atoms with E-state index in [1.165, 1.54) is 37.7 Å². The van der Waals surface area contributed by atoms with E-state index < -0.39 is 0 Å². The maximum Gasteiger partial charge on any atom is 0.123 e. The molecule has 0 amide bonds. The molecular formula is C13H15ClO. The average molecular weight is 223 g/mol. The minimum absolute atomic E-state index is 0.116. The molecule has 3 rings (SSSR count). The van der Waals surface area contributed by atoms with Crippen LogP contribution in [0.4, 0.5) is 0 Å². The topological polar surface area (TPSA) is 9.23 Å². The molecule has 1 fully saturated rings. The first-order chi connectivity index (χ1) is 7.27. The van der Waals surface area contributed by atoms with Gasteiger partial charge in [0.15, 0.2) is 0 Å². The summed E-state index contributed by atoms with van der Waals surface area (Å²) >= 11 is 6.00. The largest absolute Gasteiger partial charge is 0.487 e. The maximum absolute atomic E-state index is 6.13. The van der Waals surface area contributed by atoms with Crippen LogP contribution >= 0.6 is 11.6 Å². The van der Waals surface area contributed by atoms with Gasteiger partial charge in [0, 0.05) is 11.4 Å². The zero-order valence-electron chi connectivity index (χ0n) is 8.76. The second-order valence-corrected chi connectivity index (χ2v) is 5.21. The molecule has 2 aliphatic rings. The van der Waals surface area contributed by atoms with Crippen LogP contribution in [0.15, 0.2) is 18.2 Å². The van der Waals surface area contributed by atoms with E-state index in [4.69, 9.17) is 16.3 Å². The van der Waals surface area contributed by atoms with Crippen molar-refractivity contribution in [3.05, 3.63) is 28.8 Å². The minimum Gasteiger partial charge on any atom is -0.487 e. The lowest BCUT2D eigenvalue weighted by atomic mass is 9.82. The molecule has 80 valence electrons. The molecule has 1 aromatic carbocycles. The van der Waals surface area contributed by atoms with E-state index in [0.717, 1.165) is 17.2 Å². The van der Waals surface area contributed by atoms with Crippen molar-refractivity contribution in [2.45, 2.75) is 44.1 Å². The van der Waals surface area contributed by atoms with E-state index in [-0.39, 0.29) is 5.60 Å². The van der Waals surface area contributed by atoms with Gasteiger partial charge < -0.3 is 4.74 Å². The lowest BCUT2D eigenvalue weighted by Gasteiger charge is -2.32. The van der Waals surface area contributed by atoms with Gasteiger partial charge in [0.25, 0.3) is 0 Å². The van der Waals surface area contributed by atoms with Crippen molar-refractivity contribution >= 4 is 11.6 Å². The van der Waals surface area contributed by atoms with Gasteiger partial charge in [-0.3, -0.25) is 0 Å². The molecule has 2 heteroatoms. The van der Waals surface area contributed by atoms with Gasteiger partial charge in [0.1, 0.15) is 11.4 Å². The zero-order valence-corrected chi connectivity index (χ0v) is 9.52. The summed E-state index contributed by atoms with van der Waals surface area (Å²) in [6.45, 7) is 0. The van der Waals surface area contributed by atoms with E-state index in [2.05, 4.69) is 6.07 Å². The van der Waals surface area contributed by atoms with Crippen LogP contribution in [0.25, 0.3) is 0 Å². The first-order valence-electron chi connectivity index (χ1n) is 5.75.